The highest BCUT2D eigenvalue weighted by atomic mass is 35.5. The molecule has 0 aliphatic carbocycles. The first-order valence-corrected chi connectivity index (χ1v) is 6.47. The fourth-order valence-corrected chi connectivity index (χ4v) is 2.30. The molecule has 0 spiro atoms. The van der Waals surface area contributed by atoms with E-state index < -0.39 is 0 Å². The number of carbonyl (C=O) groups excluding carboxylic acids is 1. The molecule has 0 saturated carbocycles. The summed E-state index contributed by atoms with van der Waals surface area (Å²) in [5.41, 5.74) is 6.30. The normalized spacial score (nSPS) is 18.0. The van der Waals surface area contributed by atoms with Crippen LogP contribution in [0, 0.1) is 5.92 Å². The van der Waals surface area contributed by atoms with Crippen LogP contribution in [0.2, 0.25) is 0 Å². The minimum absolute atomic E-state index is 0. The number of nitrogens with two attached hydrogens (primary N) is 1. The Labute approximate surface area is 120 Å². The molecule has 1 aromatic carbocycles. The SMILES string of the molecule is CCOc1ccccc1C(=O)N1CCC(CN)C1.Cl. The van der Waals surface area contributed by atoms with Crippen molar-refractivity contribution in [2.24, 2.45) is 11.7 Å². The average molecular weight is 285 g/mol. The van der Waals surface area contributed by atoms with Crippen molar-refractivity contribution >= 4 is 18.3 Å². The van der Waals surface area contributed by atoms with E-state index in [1.54, 1.807) is 0 Å². The van der Waals surface area contributed by atoms with E-state index in [4.69, 9.17) is 10.5 Å². The Hall–Kier alpha value is -1.26. The molecule has 0 bridgehead atoms. The predicted octanol–water partition coefficient (Wildman–Crippen LogP) is 1.93. The molecule has 1 fully saturated rings. The second kappa shape index (κ2) is 7.36. The highest BCUT2D eigenvalue weighted by molar-refractivity contribution is 5.97. The Morgan fingerprint density at radius 1 is 1.47 bits per heavy atom. The topological polar surface area (TPSA) is 55.6 Å². The van der Waals surface area contributed by atoms with Crippen molar-refractivity contribution in [2.75, 3.05) is 26.2 Å². The van der Waals surface area contributed by atoms with Crippen LogP contribution >= 0.6 is 12.4 Å². The third-order valence-electron chi connectivity index (χ3n) is 3.32. The van der Waals surface area contributed by atoms with Gasteiger partial charge < -0.3 is 15.4 Å². The predicted molar refractivity (Wildman–Crippen MR) is 77.9 cm³/mol. The number of ether oxygens (including phenoxy) is 1. The second-order valence-electron chi connectivity index (χ2n) is 4.57. The van der Waals surface area contributed by atoms with Gasteiger partial charge in [0.25, 0.3) is 5.91 Å². The standard InChI is InChI=1S/C14H20N2O2.ClH/c1-2-18-13-6-4-3-5-12(13)14(17)16-8-7-11(9-15)10-16;/h3-6,11H,2,7-10,15H2,1H3;1H. The molecule has 106 valence electrons. The summed E-state index contributed by atoms with van der Waals surface area (Å²) >= 11 is 0. The molecule has 1 aliphatic rings. The van der Waals surface area contributed by atoms with Gasteiger partial charge in [-0.3, -0.25) is 4.79 Å². The molecule has 1 heterocycles. The van der Waals surface area contributed by atoms with Crippen molar-refractivity contribution in [3.63, 3.8) is 0 Å². The number of hydrogen-bond donors (Lipinski definition) is 1. The molecule has 2 N–H and O–H groups in total. The van der Waals surface area contributed by atoms with Crippen molar-refractivity contribution in [3.8, 4) is 5.75 Å². The number of amides is 1. The summed E-state index contributed by atoms with van der Waals surface area (Å²) in [6.07, 6.45) is 0.999. The van der Waals surface area contributed by atoms with Gasteiger partial charge in [0, 0.05) is 13.1 Å². The first-order chi connectivity index (χ1) is 8.76. The summed E-state index contributed by atoms with van der Waals surface area (Å²) in [6.45, 7) is 4.69. The van der Waals surface area contributed by atoms with Crippen molar-refractivity contribution < 1.29 is 9.53 Å². The van der Waals surface area contributed by atoms with E-state index in [0.29, 0.717) is 30.4 Å². The molecule has 5 heteroatoms. The Morgan fingerprint density at radius 2 is 2.21 bits per heavy atom. The van der Waals surface area contributed by atoms with Crippen LogP contribution in [0.4, 0.5) is 0 Å². The van der Waals surface area contributed by atoms with Gasteiger partial charge in [0.15, 0.2) is 0 Å². The average Bonchev–Trinajstić information content (AvgIpc) is 2.88. The van der Waals surface area contributed by atoms with Crippen LogP contribution in [0.25, 0.3) is 0 Å². The largest absolute Gasteiger partial charge is 0.493 e. The lowest BCUT2D eigenvalue weighted by Crippen LogP contribution is -2.30. The van der Waals surface area contributed by atoms with Crippen LogP contribution in [-0.2, 0) is 0 Å². The van der Waals surface area contributed by atoms with Crippen molar-refractivity contribution in [3.05, 3.63) is 29.8 Å². The summed E-state index contributed by atoms with van der Waals surface area (Å²) in [6, 6.07) is 7.41. The van der Waals surface area contributed by atoms with E-state index in [0.717, 1.165) is 19.5 Å². The first kappa shape index (κ1) is 15.8. The number of halogens is 1. The smallest absolute Gasteiger partial charge is 0.257 e. The molecule has 4 nitrogen and oxygen atoms in total. The maximum Gasteiger partial charge on any atom is 0.257 e. The number of para-hydroxylation sites is 1. The lowest BCUT2D eigenvalue weighted by molar-refractivity contribution is 0.0783. The van der Waals surface area contributed by atoms with E-state index in [1.165, 1.54) is 0 Å². The van der Waals surface area contributed by atoms with Gasteiger partial charge in [-0.2, -0.15) is 0 Å². The lowest BCUT2D eigenvalue weighted by Gasteiger charge is -2.18. The molecule has 1 unspecified atom stereocenters. The molecule has 1 amide bonds. The third-order valence-corrected chi connectivity index (χ3v) is 3.32. The van der Waals surface area contributed by atoms with E-state index >= 15 is 0 Å². The third kappa shape index (κ3) is 3.61. The molecule has 19 heavy (non-hydrogen) atoms. The van der Waals surface area contributed by atoms with Crippen molar-refractivity contribution in [2.45, 2.75) is 13.3 Å². The molecular formula is C14H21ClN2O2. The number of likely N-dealkylation sites (tertiary alicyclic amines) is 1. The second-order valence-corrected chi connectivity index (χ2v) is 4.57. The Balaban J connectivity index is 0.00000180. The number of benzene rings is 1. The van der Waals surface area contributed by atoms with Crippen molar-refractivity contribution in [1.82, 2.24) is 4.90 Å². The Kier molecular flexibility index (Phi) is 6.12. The number of hydrogen-bond acceptors (Lipinski definition) is 3. The highest BCUT2D eigenvalue weighted by Gasteiger charge is 2.27. The molecule has 0 radical (unpaired) electrons. The molecule has 1 atom stereocenters. The van der Waals surface area contributed by atoms with Gasteiger partial charge in [0.1, 0.15) is 5.75 Å². The summed E-state index contributed by atoms with van der Waals surface area (Å²) in [4.78, 5) is 14.3. The highest BCUT2D eigenvalue weighted by Crippen LogP contribution is 2.23. The van der Waals surface area contributed by atoms with E-state index in [-0.39, 0.29) is 18.3 Å². The van der Waals surface area contributed by atoms with Gasteiger partial charge in [-0.25, -0.2) is 0 Å². The minimum Gasteiger partial charge on any atom is -0.493 e. The van der Waals surface area contributed by atoms with Gasteiger partial charge in [-0.05, 0) is 37.9 Å². The van der Waals surface area contributed by atoms with Gasteiger partial charge in [-0.15, -0.1) is 12.4 Å². The summed E-state index contributed by atoms with van der Waals surface area (Å²) < 4.78 is 5.50. The quantitative estimate of drug-likeness (QED) is 0.919. The summed E-state index contributed by atoms with van der Waals surface area (Å²) in [5.74, 6) is 1.16. The van der Waals surface area contributed by atoms with Gasteiger partial charge in [-0.1, -0.05) is 12.1 Å². The molecule has 0 aromatic heterocycles. The van der Waals surface area contributed by atoms with Crippen LogP contribution in [0.1, 0.15) is 23.7 Å². The number of carbonyl (C=O) groups is 1. The van der Waals surface area contributed by atoms with Crippen LogP contribution < -0.4 is 10.5 Å². The zero-order chi connectivity index (χ0) is 13.0. The van der Waals surface area contributed by atoms with E-state index in [2.05, 4.69) is 0 Å². The summed E-state index contributed by atoms with van der Waals surface area (Å²) in [7, 11) is 0. The Morgan fingerprint density at radius 3 is 2.84 bits per heavy atom. The van der Waals surface area contributed by atoms with E-state index in [1.807, 2.05) is 36.1 Å². The van der Waals surface area contributed by atoms with Crippen LogP contribution in [-0.4, -0.2) is 37.0 Å². The molecular weight excluding hydrogens is 264 g/mol. The van der Waals surface area contributed by atoms with Gasteiger partial charge >= 0.3 is 0 Å². The molecule has 1 aromatic rings. The van der Waals surface area contributed by atoms with Crippen LogP contribution in [0.3, 0.4) is 0 Å². The Bertz CT molecular complexity index is 426. The summed E-state index contributed by atoms with van der Waals surface area (Å²) in [5, 5.41) is 0. The maximum absolute atomic E-state index is 12.4. The number of rotatable bonds is 4. The van der Waals surface area contributed by atoms with Crippen LogP contribution in [0.5, 0.6) is 5.75 Å². The van der Waals surface area contributed by atoms with Crippen LogP contribution in [0.15, 0.2) is 24.3 Å². The fourth-order valence-electron chi connectivity index (χ4n) is 2.30. The molecule has 1 saturated heterocycles. The minimum atomic E-state index is 0. The first-order valence-electron chi connectivity index (χ1n) is 6.47. The lowest BCUT2D eigenvalue weighted by atomic mass is 10.1. The zero-order valence-electron chi connectivity index (χ0n) is 11.2. The number of nitrogens with zero attached hydrogens (tertiary/aromatic N) is 1. The molecule has 2 rings (SSSR count). The zero-order valence-corrected chi connectivity index (χ0v) is 12.0. The van der Waals surface area contributed by atoms with Gasteiger partial charge in [0.2, 0.25) is 0 Å². The monoisotopic (exact) mass is 284 g/mol. The van der Waals surface area contributed by atoms with Crippen molar-refractivity contribution in [1.29, 1.82) is 0 Å². The fraction of sp³-hybridized carbons (Fsp3) is 0.500. The maximum atomic E-state index is 12.4. The van der Waals surface area contributed by atoms with E-state index in [9.17, 15) is 4.79 Å². The molecule has 1 aliphatic heterocycles. The van der Waals surface area contributed by atoms with Gasteiger partial charge in [0.05, 0.1) is 12.2 Å².